The molecular weight excluding hydrogens is 417 g/mol. The van der Waals surface area contributed by atoms with E-state index in [1.165, 1.54) is 15.8 Å². The normalized spacial score (nSPS) is 16.1. The van der Waals surface area contributed by atoms with E-state index in [1.807, 2.05) is 19.9 Å². The Morgan fingerprint density at radius 2 is 2.00 bits per heavy atom. The number of fused-ring (bicyclic) bond motifs is 2. The van der Waals surface area contributed by atoms with Crippen molar-refractivity contribution in [2.75, 3.05) is 19.6 Å². The molecule has 7 heteroatoms. The average Bonchev–Trinajstić information content (AvgIpc) is 3.27. The summed E-state index contributed by atoms with van der Waals surface area (Å²) in [5.41, 5.74) is 3.20. The highest BCUT2D eigenvalue weighted by Gasteiger charge is 2.23. The Labute approximate surface area is 182 Å². The first kappa shape index (κ1) is 19.8. The highest BCUT2D eigenvalue weighted by molar-refractivity contribution is 7.17. The lowest BCUT2D eigenvalue weighted by atomic mass is 9.89. The zero-order valence-corrected chi connectivity index (χ0v) is 18.8. The second kappa shape index (κ2) is 7.87. The first-order valence-electron chi connectivity index (χ1n) is 10.4. The second-order valence-electron chi connectivity index (χ2n) is 8.16. The number of halogens is 1. The number of hydrogen-bond donors (Lipinski definition) is 0. The summed E-state index contributed by atoms with van der Waals surface area (Å²) in [5.74, 6) is 0.396. The van der Waals surface area contributed by atoms with Crippen LogP contribution < -0.4 is 5.56 Å². The molecule has 0 N–H and O–H groups in total. The van der Waals surface area contributed by atoms with Gasteiger partial charge in [-0.2, -0.15) is 0 Å². The zero-order chi connectivity index (χ0) is 20.8. The Bertz CT molecular complexity index is 1280. The van der Waals surface area contributed by atoms with Crippen LogP contribution in [-0.4, -0.2) is 33.9 Å². The van der Waals surface area contributed by atoms with Crippen LogP contribution in [0.15, 0.2) is 34.4 Å². The van der Waals surface area contributed by atoms with E-state index in [0.29, 0.717) is 5.92 Å². The molecule has 0 atom stereocenters. The molecular formula is C23H24FN3OS2. The topological polar surface area (TPSA) is 37.6 Å². The van der Waals surface area contributed by atoms with Crippen LogP contribution in [0.4, 0.5) is 4.39 Å². The van der Waals surface area contributed by atoms with Gasteiger partial charge >= 0.3 is 0 Å². The van der Waals surface area contributed by atoms with Crippen molar-refractivity contribution in [1.82, 2.24) is 14.3 Å². The third-order valence-electron chi connectivity index (χ3n) is 6.22. The predicted octanol–water partition coefficient (Wildman–Crippen LogP) is 5.15. The molecule has 0 amide bonds. The SMILES string of the molecule is Cc1cc(=O)n2c(C)c(CCN3CCC(c4csc5cc(F)ccc45)CC3)sc2n1. The lowest BCUT2D eigenvalue weighted by Gasteiger charge is -2.32. The van der Waals surface area contributed by atoms with Crippen LogP contribution in [0.3, 0.4) is 0 Å². The fraction of sp³-hybridized carbons (Fsp3) is 0.391. The van der Waals surface area contributed by atoms with Gasteiger partial charge in [0.1, 0.15) is 5.82 Å². The molecule has 3 aromatic heterocycles. The maximum Gasteiger partial charge on any atom is 0.258 e. The van der Waals surface area contributed by atoms with E-state index in [4.69, 9.17) is 0 Å². The minimum Gasteiger partial charge on any atom is -0.303 e. The predicted molar refractivity (Wildman–Crippen MR) is 123 cm³/mol. The van der Waals surface area contributed by atoms with Crippen LogP contribution in [0, 0.1) is 19.7 Å². The molecule has 1 aliphatic heterocycles. The molecule has 156 valence electrons. The Balaban J connectivity index is 1.24. The fourth-order valence-electron chi connectivity index (χ4n) is 4.55. The summed E-state index contributed by atoms with van der Waals surface area (Å²) in [6.07, 6.45) is 3.22. The van der Waals surface area contributed by atoms with Crippen molar-refractivity contribution < 1.29 is 4.39 Å². The van der Waals surface area contributed by atoms with Crippen molar-refractivity contribution in [1.29, 1.82) is 0 Å². The summed E-state index contributed by atoms with van der Waals surface area (Å²) in [7, 11) is 0. The van der Waals surface area contributed by atoms with Gasteiger partial charge in [-0.15, -0.1) is 22.7 Å². The molecule has 4 nitrogen and oxygen atoms in total. The molecule has 30 heavy (non-hydrogen) atoms. The van der Waals surface area contributed by atoms with E-state index in [9.17, 15) is 9.18 Å². The molecule has 0 radical (unpaired) electrons. The first-order chi connectivity index (χ1) is 14.5. The number of hydrogen-bond acceptors (Lipinski definition) is 5. The van der Waals surface area contributed by atoms with Crippen molar-refractivity contribution >= 4 is 37.7 Å². The third kappa shape index (κ3) is 3.59. The van der Waals surface area contributed by atoms with E-state index in [2.05, 4.69) is 15.3 Å². The van der Waals surface area contributed by atoms with E-state index in [-0.39, 0.29) is 11.4 Å². The largest absolute Gasteiger partial charge is 0.303 e. The maximum absolute atomic E-state index is 13.5. The monoisotopic (exact) mass is 441 g/mol. The molecule has 5 rings (SSSR count). The summed E-state index contributed by atoms with van der Waals surface area (Å²) in [6, 6.07) is 6.75. The van der Waals surface area contributed by atoms with E-state index < -0.39 is 0 Å². The second-order valence-corrected chi connectivity index (χ2v) is 10.1. The standard InChI is InChI=1S/C23H24FN3OS2/c1-14-11-22(28)27-15(2)20(30-23(27)25-14)7-10-26-8-5-16(6-9-26)19-13-29-21-12-17(24)3-4-18(19)21/h3-4,11-13,16H,5-10H2,1-2H3. The number of benzene rings is 1. The Morgan fingerprint density at radius 1 is 1.20 bits per heavy atom. The zero-order valence-electron chi connectivity index (χ0n) is 17.2. The van der Waals surface area contributed by atoms with E-state index in [0.717, 1.165) is 59.9 Å². The Kier molecular flexibility index (Phi) is 5.21. The van der Waals surface area contributed by atoms with Crippen LogP contribution in [0.25, 0.3) is 15.0 Å². The summed E-state index contributed by atoms with van der Waals surface area (Å²) < 4.78 is 16.3. The van der Waals surface area contributed by atoms with Gasteiger partial charge < -0.3 is 4.90 Å². The van der Waals surface area contributed by atoms with E-state index in [1.54, 1.807) is 45.3 Å². The van der Waals surface area contributed by atoms with Crippen LogP contribution in [0.5, 0.6) is 0 Å². The maximum atomic E-state index is 13.5. The van der Waals surface area contributed by atoms with Crippen molar-refractivity contribution in [2.45, 2.75) is 39.0 Å². The minimum absolute atomic E-state index is 0.0150. The first-order valence-corrected chi connectivity index (χ1v) is 12.1. The Morgan fingerprint density at radius 3 is 2.80 bits per heavy atom. The van der Waals surface area contributed by atoms with Crippen molar-refractivity contribution in [3.63, 3.8) is 0 Å². The molecule has 1 saturated heterocycles. The van der Waals surface area contributed by atoms with Crippen molar-refractivity contribution in [3.8, 4) is 0 Å². The highest BCUT2D eigenvalue weighted by atomic mass is 32.1. The van der Waals surface area contributed by atoms with Gasteiger partial charge in [0, 0.05) is 33.6 Å². The van der Waals surface area contributed by atoms with Gasteiger partial charge in [0.25, 0.3) is 5.56 Å². The number of likely N-dealkylation sites (tertiary alicyclic amines) is 1. The van der Waals surface area contributed by atoms with Crippen LogP contribution >= 0.6 is 22.7 Å². The molecule has 4 heterocycles. The number of aryl methyl sites for hydroxylation is 2. The smallest absolute Gasteiger partial charge is 0.258 e. The van der Waals surface area contributed by atoms with Gasteiger partial charge in [0.2, 0.25) is 0 Å². The van der Waals surface area contributed by atoms with Crippen molar-refractivity contribution in [2.24, 2.45) is 0 Å². The van der Waals surface area contributed by atoms with Gasteiger partial charge in [-0.3, -0.25) is 9.20 Å². The van der Waals surface area contributed by atoms with Gasteiger partial charge in [0.15, 0.2) is 4.96 Å². The van der Waals surface area contributed by atoms with Gasteiger partial charge in [-0.05, 0) is 80.6 Å². The lowest BCUT2D eigenvalue weighted by molar-refractivity contribution is 0.215. The van der Waals surface area contributed by atoms with Crippen LogP contribution in [0.1, 0.15) is 40.6 Å². The molecule has 4 aromatic rings. The Hall–Kier alpha value is -2.09. The number of rotatable bonds is 4. The lowest BCUT2D eigenvalue weighted by Crippen LogP contribution is -2.34. The molecule has 0 bridgehead atoms. The van der Waals surface area contributed by atoms with Crippen LogP contribution in [0.2, 0.25) is 0 Å². The van der Waals surface area contributed by atoms with Gasteiger partial charge in [-0.25, -0.2) is 9.37 Å². The molecule has 0 unspecified atom stereocenters. The summed E-state index contributed by atoms with van der Waals surface area (Å²) in [4.78, 5) is 21.4. The van der Waals surface area contributed by atoms with Crippen LogP contribution in [-0.2, 0) is 6.42 Å². The summed E-state index contributed by atoms with van der Waals surface area (Å²) in [6.45, 7) is 7.04. The highest BCUT2D eigenvalue weighted by Crippen LogP contribution is 2.37. The molecule has 1 aromatic carbocycles. The molecule has 0 saturated carbocycles. The van der Waals surface area contributed by atoms with Gasteiger partial charge in [-0.1, -0.05) is 6.07 Å². The number of aromatic nitrogens is 2. The number of piperidine rings is 1. The quantitative estimate of drug-likeness (QED) is 0.440. The molecule has 1 aliphatic rings. The number of thiazole rings is 1. The summed E-state index contributed by atoms with van der Waals surface area (Å²) >= 11 is 3.29. The number of thiophene rings is 1. The molecule has 0 aliphatic carbocycles. The minimum atomic E-state index is -0.158. The molecule has 0 spiro atoms. The summed E-state index contributed by atoms with van der Waals surface area (Å²) in [5, 5.41) is 3.44. The number of nitrogens with zero attached hydrogens (tertiary/aromatic N) is 3. The average molecular weight is 442 g/mol. The van der Waals surface area contributed by atoms with E-state index >= 15 is 0 Å². The molecule has 1 fully saturated rings. The third-order valence-corrected chi connectivity index (χ3v) is 8.39. The van der Waals surface area contributed by atoms with Crippen molar-refractivity contribution in [3.05, 3.63) is 67.6 Å². The van der Waals surface area contributed by atoms with Gasteiger partial charge in [0.05, 0.1) is 0 Å². The fourth-order valence-corrected chi connectivity index (χ4v) is 6.78.